The van der Waals surface area contributed by atoms with Gasteiger partial charge in [0, 0.05) is 12.6 Å². The quantitative estimate of drug-likeness (QED) is 0.522. The molecule has 130 valence electrons. The number of aromatic nitrogens is 2. The van der Waals surface area contributed by atoms with E-state index in [-0.39, 0.29) is 28.7 Å². The van der Waals surface area contributed by atoms with E-state index in [0.717, 1.165) is 28.9 Å². The van der Waals surface area contributed by atoms with Crippen LogP contribution in [0, 0.1) is 0 Å². The van der Waals surface area contributed by atoms with Crippen LogP contribution in [-0.4, -0.2) is 53.9 Å². The van der Waals surface area contributed by atoms with Gasteiger partial charge in [-0.1, -0.05) is 36.4 Å². The van der Waals surface area contributed by atoms with Gasteiger partial charge in [-0.2, -0.15) is 0 Å². The Morgan fingerprint density at radius 2 is 2.26 bits per heavy atom. The number of thioether (sulfide) groups is 1. The molecule has 1 saturated heterocycles. The van der Waals surface area contributed by atoms with E-state index in [9.17, 15) is 13.2 Å². The highest BCUT2D eigenvalue weighted by Crippen LogP contribution is 2.29. The smallest absolute Gasteiger partial charge is 0.233 e. The van der Waals surface area contributed by atoms with Gasteiger partial charge in [0.1, 0.15) is 0 Å². The number of anilines is 1. The Bertz CT molecular complexity index is 632. The Morgan fingerprint density at radius 3 is 2.91 bits per heavy atom. The highest BCUT2D eigenvalue weighted by atomic mass is 32.2. The lowest BCUT2D eigenvalue weighted by molar-refractivity contribution is -0.120. The summed E-state index contributed by atoms with van der Waals surface area (Å²) in [6.07, 6.45) is 2.68. The van der Waals surface area contributed by atoms with Crippen molar-refractivity contribution >= 4 is 44.0 Å². The maximum atomic E-state index is 12.1. The maximum Gasteiger partial charge on any atom is 0.233 e. The van der Waals surface area contributed by atoms with E-state index < -0.39 is 9.84 Å². The van der Waals surface area contributed by atoms with Crippen LogP contribution in [-0.2, 0) is 14.6 Å². The molecule has 1 aromatic heterocycles. The molecule has 10 heteroatoms. The third-order valence-electron chi connectivity index (χ3n) is 3.44. The molecule has 1 fully saturated rings. The standard InChI is InChI=1S/C13H22N4O3S3/c1-3-4-6-14-12-16-17-13(22-12)21-9(2)11(18)15-10-5-7-23(19,20)8-10/h9-10H,3-8H2,1-2H3,(H,14,16)(H,15,18)/t9-,10+/m0/s1. The van der Waals surface area contributed by atoms with Crippen molar-refractivity contribution in [1.82, 2.24) is 15.5 Å². The fourth-order valence-corrected chi connectivity index (χ4v) is 5.74. The number of unbranched alkanes of at least 4 members (excludes halogenated alkanes) is 1. The van der Waals surface area contributed by atoms with Gasteiger partial charge in [-0.25, -0.2) is 8.42 Å². The monoisotopic (exact) mass is 378 g/mol. The molecular weight excluding hydrogens is 356 g/mol. The van der Waals surface area contributed by atoms with Crippen molar-refractivity contribution in [2.45, 2.75) is 48.7 Å². The average molecular weight is 379 g/mol. The maximum absolute atomic E-state index is 12.1. The number of hydrogen-bond donors (Lipinski definition) is 2. The van der Waals surface area contributed by atoms with Crippen LogP contribution in [0.5, 0.6) is 0 Å². The summed E-state index contributed by atoms with van der Waals surface area (Å²) in [6, 6.07) is -0.267. The number of carbonyl (C=O) groups excluding carboxylic acids is 1. The van der Waals surface area contributed by atoms with E-state index in [4.69, 9.17) is 0 Å². The first kappa shape index (κ1) is 18.5. The van der Waals surface area contributed by atoms with Gasteiger partial charge in [0.05, 0.1) is 16.8 Å². The topological polar surface area (TPSA) is 101 Å². The van der Waals surface area contributed by atoms with Gasteiger partial charge in [0.25, 0.3) is 0 Å². The first-order valence-corrected chi connectivity index (χ1v) is 11.2. The van der Waals surface area contributed by atoms with Crippen LogP contribution in [0.25, 0.3) is 0 Å². The zero-order chi connectivity index (χ0) is 16.9. The number of amides is 1. The summed E-state index contributed by atoms with van der Waals surface area (Å²) in [7, 11) is -2.98. The van der Waals surface area contributed by atoms with E-state index in [1.54, 1.807) is 6.92 Å². The number of nitrogens with zero attached hydrogens (tertiary/aromatic N) is 2. The molecule has 2 rings (SSSR count). The van der Waals surface area contributed by atoms with Crippen LogP contribution >= 0.6 is 23.1 Å². The van der Waals surface area contributed by atoms with Gasteiger partial charge in [0.2, 0.25) is 11.0 Å². The second kappa shape index (κ2) is 8.29. The van der Waals surface area contributed by atoms with Crippen molar-refractivity contribution in [3.63, 3.8) is 0 Å². The van der Waals surface area contributed by atoms with Crippen LogP contribution in [0.4, 0.5) is 5.13 Å². The molecule has 2 atom stereocenters. The minimum atomic E-state index is -2.98. The van der Waals surface area contributed by atoms with Crippen LogP contribution in [0.1, 0.15) is 33.1 Å². The Morgan fingerprint density at radius 1 is 1.48 bits per heavy atom. The molecule has 0 bridgehead atoms. The van der Waals surface area contributed by atoms with Gasteiger partial charge in [0.15, 0.2) is 14.2 Å². The zero-order valence-corrected chi connectivity index (χ0v) is 15.7. The van der Waals surface area contributed by atoms with Crippen molar-refractivity contribution < 1.29 is 13.2 Å². The molecule has 1 aliphatic rings. The van der Waals surface area contributed by atoms with Crippen LogP contribution in [0.15, 0.2) is 4.34 Å². The SMILES string of the molecule is CCCCNc1nnc(S[C@@H](C)C(=O)N[C@@H]2CCS(=O)(=O)C2)s1. The first-order chi connectivity index (χ1) is 10.9. The predicted molar refractivity (Wildman–Crippen MR) is 93.8 cm³/mol. The van der Waals surface area contributed by atoms with E-state index in [0.29, 0.717) is 6.42 Å². The molecule has 1 aliphatic heterocycles. The minimum Gasteiger partial charge on any atom is -0.360 e. The van der Waals surface area contributed by atoms with Crippen molar-refractivity contribution in [2.24, 2.45) is 0 Å². The average Bonchev–Trinajstić information content (AvgIpc) is 3.05. The fraction of sp³-hybridized carbons (Fsp3) is 0.769. The fourth-order valence-electron chi connectivity index (χ4n) is 2.13. The number of rotatable bonds is 8. The highest BCUT2D eigenvalue weighted by Gasteiger charge is 2.30. The van der Waals surface area contributed by atoms with Gasteiger partial charge in [-0.05, 0) is 19.8 Å². The second-order valence-corrected chi connectivity index (χ2v) is 10.3. The largest absolute Gasteiger partial charge is 0.360 e. The Labute approximate surface area is 144 Å². The number of nitrogens with one attached hydrogen (secondary N) is 2. The third-order valence-corrected chi connectivity index (χ3v) is 7.27. The molecule has 23 heavy (non-hydrogen) atoms. The molecule has 0 unspecified atom stereocenters. The van der Waals surface area contributed by atoms with E-state index in [2.05, 4.69) is 27.8 Å². The molecule has 1 aromatic rings. The summed E-state index contributed by atoms with van der Waals surface area (Å²) < 4.78 is 23.6. The molecule has 2 heterocycles. The number of hydrogen-bond acceptors (Lipinski definition) is 8. The Kier molecular flexibility index (Phi) is 6.66. The van der Waals surface area contributed by atoms with Gasteiger partial charge < -0.3 is 10.6 Å². The summed E-state index contributed by atoms with van der Waals surface area (Å²) in [6.45, 7) is 4.77. The highest BCUT2D eigenvalue weighted by molar-refractivity contribution is 8.02. The van der Waals surface area contributed by atoms with Crippen molar-refractivity contribution in [3.05, 3.63) is 0 Å². The Hall–Kier alpha value is -0.870. The molecule has 0 spiro atoms. The van der Waals surface area contributed by atoms with Crippen LogP contribution < -0.4 is 10.6 Å². The summed E-state index contributed by atoms with van der Waals surface area (Å²) >= 11 is 2.76. The van der Waals surface area contributed by atoms with Crippen molar-refractivity contribution in [1.29, 1.82) is 0 Å². The van der Waals surface area contributed by atoms with Crippen molar-refractivity contribution in [2.75, 3.05) is 23.4 Å². The molecule has 0 radical (unpaired) electrons. The third kappa shape index (κ3) is 5.92. The lowest BCUT2D eigenvalue weighted by Crippen LogP contribution is -2.39. The zero-order valence-electron chi connectivity index (χ0n) is 13.2. The van der Waals surface area contributed by atoms with Crippen molar-refractivity contribution in [3.8, 4) is 0 Å². The molecule has 2 N–H and O–H groups in total. The van der Waals surface area contributed by atoms with E-state index in [1.807, 2.05) is 0 Å². The lowest BCUT2D eigenvalue weighted by atomic mass is 10.2. The normalized spacial score (nSPS) is 21.0. The van der Waals surface area contributed by atoms with Gasteiger partial charge >= 0.3 is 0 Å². The summed E-state index contributed by atoms with van der Waals surface area (Å²) in [5.41, 5.74) is 0. The predicted octanol–water partition coefficient (Wildman–Crippen LogP) is 1.53. The summed E-state index contributed by atoms with van der Waals surface area (Å²) in [5, 5.41) is 14.5. The molecular formula is C13H22N4O3S3. The van der Waals surface area contributed by atoms with Crippen LogP contribution in [0.2, 0.25) is 0 Å². The lowest BCUT2D eigenvalue weighted by Gasteiger charge is -2.14. The summed E-state index contributed by atoms with van der Waals surface area (Å²) in [5.74, 6) is 0.0381. The summed E-state index contributed by atoms with van der Waals surface area (Å²) in [4.78, 5) is 12.1. The molecule has 0 saturated carbocycles. The first-order valence-electron chi connectivity index (χ1n) is 7.64. The number of carbonyl (C=O) groups is 1. The number of sulfone groups is 1. The molecule has 1 amide bonds. The molecule has 0 aliphatic carbocycles. The second-order valence-electron chi connectivity index (χ2n) is 5.52. The van der Waals surface area contributed by atoms with E-state index >= 15 is 0 Å². The molecule has 0 aromatic carbocycles. The van der Waals surface area contributed by atoms with Gasteiger partial charge in [-0.3, -0.25) is 4.79 Å². The van der Waals surface area contributed by atoms with Gasteiger partial charge in [-0.15, -0.1) is 10.2 Å². The van der Waals surface area contributed by atoms with Crippen LogP contribution in [0.3, 0.4) is 0 Å². The minimum absolute atomic E-state index is 0.0421. The Balaban J connectivity index is 1.79. The van der Waals surface area contributed by atoms with E-state index in [1.165, 1.54) is 23.1 Å². The molecule has 7 nitrogen and oxygen atoms in total.